The van der Waals surface area contributed by atoms with Crippen molar-refractivity contribution in [2.24, 2.45) is 0 Å². The molecular weight excluding hydrogens is 398 g/mol. The number of hydrogen-bond donors (Lipinski definition) is 1. The number of benzene rings is 2. The van der Waals surface area contributed by atoms with Crippen molar-refractivity contribution in [3.8, 4) is 11.5 Å². The van der Waals surface area contributed by atoms with Crippen molar-refractivity contribution in [2.45, 2.75) is 27.2 Å². The fourth-order valence-electron chi connectivity index (χ4n) is 3.94. The molecular formula is C24H23NO6. The summed E-state index contributed by atoms with van der Waals surface area (Å²) in [4.78, 5) is 25.5. The summed E-state index contributed by atoms with van der Waals surface area (Å²) in [6.07, 6.45) is 1.53. The molecule has 1 N–H and O–H groups in total. The highest BCUT2D eigenvalue weighted by atomic mass is 16.5. The van der Waals surface area contributed by atoms with E-state index in [1.165, 1.54) is 14.2 Å². The lowest BCUT2D eigenvalue weighted by Gasteiger charge is -2.13. The van der Waals surface area contributed by atoms with Crippen LogP contribution in [0.25, 0.3) is 21.9 Å². The van der Waals surface area contributed by atoms with Crippen LogP contribution in [0.2, 0.25) is 0 Å². The molecule has 0 saturated heterocycles. The molecule has 0 saturated carbocycles. The van der Waals surface area contributed by atoms with Crippen molar-refractivity contribution in [3.63, 3.8) is 0 Å². The standard InChI is InChI=1S/C24H23NO6/c1-12-8-19-22(23-21(12)13(2)11-30-23)14(3)16(24(27)31-19)10-20(26)25-17-9-15(28-4)6-7-18(17)29-5/h6-9,11H,10H2,1-5H3,(H,25,26). The maximum atomic E-state index is 12.8. The number of carbonyl (C=O) groups is 1. The molecule has 0 aliphatic rings. The number of amides is 1. The van der Waals surface area contributed by atoms with Gasteiger partial charge in [0.15, 0.2) is 0 Å². The number of aryl methyl sites for hydroxylation is 3. The minimum absolute atomic E-state index is 0.153. The third-order valence-corrected chi connectivity index (χ3v) is 5.49. The van der Waals surface area contributed by atoms with E-state index in [4.69, 9.17) is 18.3 Å². The van der Waals surface area contributed by atoms with Crippen LogP contribution in [-0.4, -0.2) is 20.1 Å². The van der Waals surface area contributed by atoms with Crippen LogP contribution in [0.15, 0.2) is 44.2 Å². The summed E-state index contributed by atoms with van der Waals surface area (Å²) < 4.78 is 21.9. The number of methoxy groups -OCH3 is 2. The second kappa shape index (κ2) is 7.83. The normalized spacial score (nSPS) is 11.1. The van der Waals surface area contributed by atoms with Crippen LogP contribution >= 0.6 is 0 Å². The first-order valence-corrected chi connectivity index (χ1v) is 9.79. The number of nitrogens with one attached hydrogen (secondary N) is 1. The Balaban J connectivity index is 1.75. The first kappa shape index (κ1) is 20.5. The smallest absolute Gasteiger partial charge is 0.340 e. The van der Waals surface area contributed by atoms with Gasteiger partial charge in [-0.2, -0.15) is 0 Å². The van der Waals surface area contributed by atoms with Gasteiger partial charge < -0.3 is 23.6 Å². The SMILES string of the molecule is COc1ccc(OC)c(NC(=O)Cc2c(C)c3c(cc(C)c4c(C)coc43)oc2=O)c1. The van der Waals surface area contributed by atoms with Crippen molar-refractivity contribution in [1.82, 2.24) is 0 Å². The molecule has 31 heavy (non-hydrogen) atoms. The molecule has 7 nitrogen and oxygen atoms in total. The van der Waals surface area contributed by atoms with Gasteiger partial charge in [-0.15, -0.1) is 0 Å². The second-order valence-corrected chi connectivity index (χ2v) is 7.47. The van der Waals surface area contributed by atoms with Crippen LogP contribution in [0, 0.1) is 20.8 Å². The van der Waals surface area contributed by atoms with Crippen molar-refractivity contribution >= 4 is 33.5 Å². The highest BCUT2D eigenvalue weighted by molar-refractivity contribution is 6.07. The van der Waals surface area contributed by atoms with Gasteiger partial charge in [-0.3, -0.25) is 4.79 Å². The number of fused-ring (bicyclic) bond motifs is 3. The van der Waals surface area contributed by atoms with Gasteiger partial charge in [-0.25, -0.2) is 4.79 Å². The van der Waals surface area contributed by atoms with Gasteiger partial charge in [-0.05, 0) is 55.7 Å². The molecule has 0 fully saturated rings. The van der Waals surface area contributed by atoms with Gasteiger partial charge >= 0.3 is 5.63 Å². The predicted molar refractivity (Wildman–Crippen MR) is 118 cm³/mol. The highest BCUT2D eigenvalue weighted by Gasteiger charge is 2.20. The van der Waals surface area contributed by atoms with Crippen LogP contribution in [-0.2, 0) is 11.2 Å². The third kappa shape index (κ3) is 3.52. The maximum Gasteiger partial charge on any atom is 0.340 e. The molecule has 0 radical (unpaired) electrons. The largest absolute Gasteiger partial charge is 0.497 e. The Kier molecular flexibility index (Phi) is 5.19. The number of anilines is 1. The summed E-state index contributed by atoms with van der Waals surface area (Å²) in [6.45, 7) is 5.72. The minimum Gasteiger partial charge on any atom is -0.497 e. The minimum atomic E-state index is -0.542. The lowest BCUT2D eigenvalue weighted by Crippen LogP contribution is -2.21. The Morgan fingerprint density at radius 1 is 1.03 bits per heavy atom. The van der Waals surface area contributed by atoms with E-state index < -0.39 is 5.63 Å². The Labute approximate surface area is 178 Å². The maximum absolute atomic E-state index is 12.8. The number of ether oxygens (including phenoxy) is 2. The molecule has 2 aromatic carbocycles. The van der Waals surface area contributed by atoms with Crippen molar-refractivity contribution in [2.75, 3.05) is 19.5 Å². The third-order valence-electron chi connectivity index (χ3n) is 5.49. The van der Waals surface area contributed by atoms with E-state index in [-0.39, 0.29) is 17.9 Å². The summed E-state index contributed by atoms with van der Waals surface area (Å²) in [5.74, 6) is 0.684. The predicted octanol–water partition coefficient (Wildman–Crippen LogP) is 4.66. The molecule has 0 aliphatic heterocycles. The Bertz CT molecular complexity index is 1380. The van der Waals surface area contributed by atoms with Gasteiger partial charge in [0, 0.05) is 11.5 Å². The molecule has 0 spiro atoms. The second-order valence-electron chi connectivity index (χ2n) is 7.47. The Morgan fingerprint density at radius 2 is 1.81 bits per heavy atom. The number of rotatable bonds is 5. The Hall–Kier alpha value is -3.74. The summed E-state index contributed by atoms with van der Waals surface area (Å²) in [7, 11) is 3.05. The van der Waals surface area contributed by atoms with Gasteiger partial charge in [0.1, 0.15) is 22.7 Å². The zero-order valence-corrected chi connectivity index (χ0v) is 18.0. The highest BCUT2D eigenvalue weighted by Crippen LogP contribution is 2.34. The van der Waals surface area contributed by atoms with Gasteiger partial charge in [-0.1, -0.05) is 0 Å². The summed E-state index contributed by atoms with van der Waals surface area (Å²) in [5, 5.41) is 4.48. The topological polar surface area (TPSA) is 90.9 Å². The van der Waals surface area contributed by atoms with E-state index in [9.17, 15) is 9.59 Å². The first-order valence-electron chi connectivity index (χ1n) is 9.79. The quantitative estimate of drug-likeness (QED) is 0.471. The van der Waals surface area contributed by atoms with Crippen LogP contribution in [0.4, 0.5) is 5.69 Å². The monoisotopic (exact) mass is 421 g/mol. The zero-order chi connectivity index (χ0) is 22.3. The van der Waals surface area contributed by atoms with Crippen molar-refractivity contribution in [1.29, 1.82) is 0 Å². The molecule has 0 bridgehead atoms. The summed E-state index contributed by atoms with van der Waals surface area (Å²) >= 11 is 0. The molecule has 0 aliphatic carbocycles. The van der Waals surface area contributed by atoms with Crippen LogP contribution < -0.4 is 20.4 Å². The van der Waals surface area contributed by atoms with E-state index in [0.717, 1.165) is 16.5 Å². The molecule has 2 aromatic heterocycles. The fraction of sp³-hybridized carbons (Fsp3) is 0.250. The van der Waals surface area contributed by atoms with Gasteiger partial charge in [0.05, 0.1) is 43.5 Å². The summed E-state index contributed by atoms with van der Waals surface area (Å²) in [6, 6.07) is 6.92. The van der Waals surface area contributed by atoms with Crippen LogP contribution in [0.1, 0.15) is 22.3 Å². The zero-order valence-electron chi connectivity index (χ0n) is 18.0. The molecule has 4 rings (SSSR count). The van der Waals surface area contributed by atoms with E-state index in [0.29, 0.717) is 39.3 Å². The van der Waals surface area contributed by atoms with Crippen LogP contribution in [0.3, 0.4) is 0 Å². The molecule has 160 valence electrons. The molecule has 0 unspecified atom stereocenters. The average Bonchev–Trinajstić information content (AvgIpc) is 3.12. The number of carbonyl (C=O) groups excluding carboxylic acids is 1. The van der Waals surface area contributed by atoms with E-state index >= 15 is 0 Å². The van der Waals surface area contributed by atoms with Gasteiger partial charge in [0.2, 0.25) is 5.91 Å². The fourth-order valence-corrected chi connectivity index (χ4v) is 3.94. The van der Waals surface area contributed by atoms with E-state index in [2.05, 4.69) is 5.32 Å². The Morgan fingerprint density at radius 3 is 2.52 bits per heavy atom. The number of hydrogen-bond acceptors (Lipinski definition) is 6. The van der Waals surface area contributed by atoms with E-state index in [1.54, 1.807) is 31.4 Å². The summed E-state index contributed by atoms with van der Waals surface area (Å²) in [5.41, 5.74) is 3.93. The van der Waals surface area contributed by atoms with Crippen molar-refractivity contribution in [3.05, 3.63) is 63.2 Å². The molecule has 7 heteroatoms. The number of furan rings is 1. The molecule has 2 heterocycles. The van der Waals surface area contributed by atoms with Crippen molar-refractivity contribution < 1.29 is 23.1 Å². The molecule has 0 atom stereocenters. The van der Waals surface area contributed by atoms with Crippen LogP contribution in [0.5, 0.6) is 11.5 Å². The molecule has 1 amide bonds. The van der Waals surface area contributed by atoms with E-state index in [1.807, 2.05) is 19.9 Å². The first-order chi connectivity index (χ1) is 14.8. The lowest BCUT2D eigenvalue weighted by molar-refractivity contribution is -0.115. The average molecular weight is 421 g/mol. The molecule has 4 aromatic rings. The van der Waals surface area contributed by atoms with Gasteiger partial charge in [0.25, 0.3) is 0 Å². The lowest BCUT2D eigenvalue weighted by atomic mass is 9.98.